The zero-order valence-corrected chi connectivity index (χ0v) is 58.8. The maximum Gasteiger partial charge on any atom is -0.00139 e. The summed E-state index contributed by atoms with van der Waals surface area (Å²) in [6, 6.07) is 83.2. The molecule has 0 fully saturated rings. The Balaban J connectivity index is 0.000000160. The van der Waals surface area contributed by atoms with E-state index >= 15 is 0 Å². The highest BCUT2D eigenvalue weighted by Crippen LogP contribution is 2.53. The topological polar surface area (TPSA) is 0 Å². The molecule has 0 aliphatic rings. The van der Waals surface area contributed by atoms with E-state index in [2.05, 4.69) is 329 Å². The van der Waals surface area contributed by atoms with E-state index in [1.165, 1.54) is 243 Å². The van der Waals surface area contributed by atoms with E-state index in [0.29, 0.717) is 0 Å². The van der Waals surface area contributed by atoms with Crippen LogP contribution in [-0.4, -0.2) is 0 Å². The van der Waals surface area contributed by atoms with E-state index < -0.39 is 0 Å². The van der Waals surface area contributed by atoms with Crippen molar-refractivity contribution in [3.63, 3.8) is 0 Å². The minimum Gasteiger partial charge on any atom is -0.0620 e. The molecule has 0 saturated heterocycles. The fraction of sp³-hybridized carbons (Fsp3) is 0.167. The summed E-state index contributed by atoms with van der Waals surface area (Å²) in [5.41, 5.74) is 42.1. The second-order valence-electron chi connectivity index (χ2n) is 28.4. The lowest BCUT2D eigenvalue weighted by atomic mass is 9.78. The number of aryl methyl sites for hydroxylation is 16. The van der Waals surface area contributed by atoms with Crippen LogP contribution in [0.25, 0.3) is 154 Å². The third kappa shape index (κ3) is 10.1. The van der Waals surface area contributed by atoms with Crippen LogP contribution in [0.4, 0.5) is 0 Å². The van der Waals surface area contributed by atoms with Crippen LogP contribution in [0, 0.1) is 111 Å². The number of rotatable bonds is 8. The van der Waals surface area contributed by atoms with Gasteiger partial charge in [-0.3, -0.25) is 0 Å². The Morgan fingerprint density at radius 1 is 0.135 bits per heavy atom. The molecule has 468 valence electrons. The summed E-state index contributed by atoms with van der Waals surface area (Å²) in [6.07, 6.45) is 0. The lowest BCUT2D eigenvalue weighted by Crippen LogP contribution is -1.99. The van der Waals surface area contributed by atoms with Crippen LogP contribution in [-0.2, 0) is 0 Å². The number of hydrogen-bond acceptors (Lipinski definition) is 0. The van der Waals surface area contributed by atoms with Gasteiger partial charge in [-0.2, -0.15) is 0 Å². The molecule has 0 N–H and O–H groups in total. The average Bonchev–Trinajstić information content (AvgIpc) is 0.712. The van der Waals surface area contributed by atoms with Crippen LogP contribution in [0.3, 0.4) is 0 Å². The Morgan fingerprint density at radius 3 is 0.469 bits per heavy atom. The summed E-state index contributed by atoms with van der Waals surface area (Å²) < 4.78 is 0. The third-order valence-electron chi connectivity index (χ3n) is 21.3. The molecule has 0 bridgehead atoms. The van der Waals surface area contributed by atoms with Crippen LogP contribution in [0.5, 0.6) is 0 Å². The van der Waals surface area contributed by atoms with Gasteiger partial charge in [0.05, 0.1) is 0 Å². The van der Waals surface area contributed by atoms with Crippen molar-refractivity contribution in [3.8, 4) is 89.0 Å². The molecule has 0 radical (unpaired) electrons. The molecule has 16 aromatic rings. The van der Waals surface area contributed by atoms with Crippen molar-refractivity contribution in [2.75, 3.05) is 0 Å². The van der Waals surface area contributed by atoms with Gasteiger partial charge in [0.1, 0.15) is 0 Å². The molecule has 0 spiro atoms. The summed E-state index contributed by atoms with van der Waals surface area (Å²) in [6.45, 7) is 36.1. The summed E-state index contributed by atoms with van der Waals surface area (Å²) in [5.74, 6) is 0. The first-order valence-electron chi connectivity index (χ1n) is 34.4. The van der Waals surface area contributed by atoms with Gasteiger partial charge in [-0.05, 0) is 355 Å². The molecule has 0 atom stereocenters. The van der Waals surface area contributed by atoms with Crippen molar-refractivity contribution in [1.82, 2.24) is 0 Å². The summed E-state index contributed by atoms with van der Waals surface area (Å²) in [4.78, 5) is 0. The molecule has 0 aliphatic carbocycles. The van der Waals surface area contributed by atoms with E-state index in [9.17, 15) is 0 Å². The highest BCUT2D eigenvalue weighted by molar-refractivity contribution is 6.34. The predicted octanol–water partition coefficient (Wildman–Crippen LogP) is 27.4. The second kappa shape index (κ2) is 23.8. The quantitative estimate of drug-likeness (QED) is 0.133. The van der Waals surface area contributed by atoms with Gasteiger partial charge in [0.2, 0.25) is 0 Å². The van der Waals surface area contributed by atoms with E-state index in [1.807, 2.05) is 0 Å². The van der Waals surface area contributed by atoms with Gasteiger partial charge >= 0.3 is 0 Å². The monoisotopic (exact) mass is 1240 g/mol. The molecule has 0 amide bonds. The first-order chi connectivity index (χ1) is 46.2. The lowest BCUT2D eigenvalue weighted by Gasteiger charge is -2.25. The Bertz CT molecular complexity index is 5080. The number of benzene rings is 16. The molecule has 0 nitrogen and oxygen atoms in total. The molecular formula is C96H84. The molecule has 16 rings (SSSR count). The highest BCUT2D eigenvalue weighted by Gasteiger charge is 2.27. The Hall–Kier alpha value is -10.4. The minimum absolute atomic E-state index is 1.29. The maximum absolute atomic E-state index is 2.52. The van der Waals surface area contributed by atoms with Crippen LogP contribution in [0.2, 0.25) is 0 Å². The summed E-state index contributed by atoms with van der Waals surface area (Å²) in [7, 11) is 0. The second-order valence-corrected chi connectivity index (χ2v) is 28.4. The van der Waals surface area contributed by atoms with E-state index in [-0.39, 0.29) is 0 Å². The molecular weight excluding hydrogens is 1150 g/mol. The normalized spacial score (nSPS) is 11.8. The highest BCUT2D eigenvalue weighted by atomic mass is 14.3. The van der Waals surface area contributed by atoms with Gasteiger partial charge < -0.3 is 0 Å². The van der Waals surface area contributed by atoms with Crippen molar-refractivity contribution in [1.29, 1.82) is 0 Å². The van der Waals surface area contributed by atoms with Gasteiger partial charge in [0, 0.05) is 0 Å². The average molecular weight is 1240 g/mol. The predicted molar refractivity (Wildman–Crippen MR) is 420 cm³/mol. The Kier molecular flexibility index (Phi) is 15.3. The van der Waals surface area contributed by atoms with Crippen LogP contribution >= 0.6 is 0 Å². The van der Waals surface area contributed by atoms with Crippen molar-refractivity contribution in [2.24, 2.45) is 0 Å². The van der Waals surface area contributed by atoms with Crippen LogP contribution in [0.1, 0.15) is 89.0 Å². The molecule has 0 saturated carbocycles. The van der Waals surface area contributed by atoms with Gasteiger partial charge in [0.25, 0.3) is 0 Å². The van der Waals surface area contributed by atoms with Crippen molar-refractivity contribution >= 4 is 64.6 Å². The van der Waals surface area contributed by atoms with Crippen molar-refractivity contribution in [3.05, 3.63) is 307 Å². The Morgan fingerprint density at radius 2 is 0.292 bits per heavy atom. The summed E-state index contributed by atoms with van der Waals surface area (Å²) in [5, 5.41) is 16.0. The molecule has 96 heavy (non-hydrogen) atoms. The van der Waals surface area contributed by atoms with Gasteiger partial charge in [-0.1, -0.05) is 216 Å². The minimum atomic E-state index is 1.29. The smallest absolute Gasteiger partial charge is 0.00139 e. The Labute approximate surface area is 568 Å². The molecule has 0 heterocycles. The van der Waals surface area contributed by atoms with Crippen LogP contribution < -0.4 is 0 Å². The molecule has 0 heteroatoms. The van der Waals surface area contributed by atoms with E-state index in [1.54, 1.807) is 0 Å². The molecule has 16 aromatic carbocycles. The first kappa shape index (κ1) is 61.8. The summed E-state index contributed by atoms with van der Waals surface area (Å²) >= 11 is 0. The lowest BCUT2D eigenvalue weighted by molar-refractivity contribution is 1.31. The van der Waals surface area contributed by atoms with E-state index in [0.717, 1.165) is 0 Å². The van der Waals surface area contributed by atoms with Gasteiger partial charge in [0.15, 0.2) is 0 Å². The molecule has 0 aromatic heterocycles. The fourth-order valence-corrected chi connectivity index (χ4v) is 17.6. The fourth-order valence-electron chi connectivity index (χ4n) is 17.6. The number of hydrogen-bond donors (Lipinski definition) is 0. The molecule has 0 aliphatic heterocycles. The van der Waals surface area contributed by atoms with E-state index in [4.69, 9.17) is 0 Å². The third-order valence-corrected chi connectivity index (χ3v) is 21.3. The maximum atomic E-state index is 2.52. The largest absolute Gasteiger partial charge is 0.0620 e. The van der Waals surface area contributed by atoms with Crippen LogP contribution in [0.15, 0.2) is 218 Å². The van der Waals surface area contributed by atoms with Crippen molar-refractivity contribution < 1.29 is 0 Å². The van der Waals surface area contributed by atoms with Gasteiger partial charge in [-0.25, -0.2) is 0 Å². The zero-order valence-electron chi connectivity index (χ0n) is 58.8. The van der Waals surface area contributed by atoms with Crippen molar-refractivity contribution in [2.45, 2.75) is 111 Å². The zero-order chi connectivity index (χ0) is 66.9. The standard InChI is InChI=1S/C52H50.C44H34/c1-27-17-31(5)47(32(6)18-27)43-25-44(48-33(7)19-28(2)20-34(48)8)40-15-16-42-46(50-37(11)23-30(4)24-38(50)12)26-45(41-14-13-39(43)51(40)52(41)42)49-35(9)21-29(3)22-36(49)10;1-27-13-5-9-17-31(27)39-25-40(32-18-10-6-14-28(32)2)36-23-24-38-42(34-20-12-8-16-30(34)4)26-41(33-19-11-7-15-29(33)3)37-22-21-35(39)43(36)44(37)38/h13-26H,1-12H3;5-26H,1-4H3. The van der Waals surface area contributed by atoms with Gasteiger partial charge in [-0.15, -0.1) is 0 Å². The SMILES string of the molecule is Cc1cc(C)c(-c2cc(-c3c(C)cc(C)cc3C)c3ccc4c(-c5c(C)cc(C)cc5C)cc(-c5c(C)cc(C)cc5C)c5ccc2c3c54)c(C)c1.Cc1ccccc1-c1cc(-c2ccccc2C)c2ccc3c(-c4ccccc4C)cc(-c4ccccc4C)c4ccc1c2c43. The first-order valence-corrected chi connectivity index (χ1v) is 34.4. The molecule has 0 unspecified atom stereocenters.